The minimum absolute atomic E-state index is 0.0660. The number of urea groups is 1. The molecule has 0 aliphatic carbocycles. The Morgan fingerprint density at radius 2 is 1.50 bits per heavy atom. The molecule has 8 nitrogen and oxygen atoms in total. The lowest BCUT2D eigenvalue weighted by molar-refractivity contribution is -0.140. The molecule has 44 heavy (non-hydrogen) atoms. The molecule has 1 fully saturated rings. The van der Waals surface area contributed by atoms with Crippen LogP contribution in [0.2, 0.25) is 0 Å². The molecule has 2 atom stereocenters. The molecule has 2 N–H and O–H groups in total. The Kier molecular flexibility index (Phi) is 9.98. The molecule has 4 rings (SSSR count). The first-order valence-corrected chi connectivity index (χ1v) is 14.6. The fourth-order valence-electron chi connectivity index (χ4n) is 5.25. The van der Waals surface area contributed by atoms with Crippen LogP contribution in [0.3, 0.4) is 0 Å². The molecule has 1 heterocycles. The smallest absolute Gasteiger partial charge is 0.328 e. The highest BCUT2D eigenvalue weighted by Gasteiger charge is 2.54. The summed E-state index contributed by atoms with van der Waals surface area (Å²) in [7, 11) is 0. The molecule has 0 bridgehead atoms. The van der Waals surface area contributed by atoms with E-state index in [1.165, 1.54) is 29.2 Å². The molecular weight excluding hydrogens is 561 g/mol. The predicted octanol–water partition coefficient (Wildman–Crippen LogP) is 6.29. The van der Waals surface area contributed by atoms with E-state index >= 15 is 0 Å². The van der Waals surface area contributed by atoms with Gasteiger partial charge in [-0.05, 0) is 60.6 Å². The van der Waals surface area contributed by atoms with Gasteiger partial charge in [-0.1, -0.05) is 92.7 Å². The van der Waals surface area contributed by atoms with Crippen LogP contribution >= 0.6 is 0 Å². The summed E-state index contributed by atoms with van der Waals surface area (Å²) in [5.74, 6) is -2.89. The minimum Gasteiger partial charge on any atom is -0.481 e. The predicted molar refractivity (Wildman–Crippen MR) is 166 cm³/mol. The lowest BCUT2D eigenvalue weighted by Gasteiger charge is -2.29. The molecule has 3 aromatic rings. The summed E-state index contributed by atoms with van der Waals surface area (Å²) < 4.78 is 13.5. The standard InChI is InChI=1S/C35H38FN3O5/c1-23(2)20-30(32(42)37-29(21-31(40)41)27-16-18-28(36)19-17-27)39-33(43)35(3,4)38(34(39)44)22-26-14-12-25(13-15-26)11-10-24-8-6-5-7-9-24/h5-19,23,29-30H,20-22H2,1-4H3,(H,37,42)(H,40,41). The number of carbonyl (C=O) groups excluding carboxylic acids is 3. The second kappa shape index (κ2) is 13.7. The third kappa shape index (κ3) is 7.58. The van der Waals surface area contributed by atoms with Crippen molar-refractivity contribution in [2.75, 3.05) is 0 Å². The zero-order chi connectivity index (χ0) is 32.0. The normalized spacial score (nSPS) is 16.0. The summed E-state index contributed by atoms with van der Waals surface area (Å²) in [5.41, 5.74) is 2.05. The number of hydrogen-bond acceptors (Lipinski definition) is 4. The van der Waals surface area contributed by atoms with E-state index in [1.54, 1.807) is 13.8 Å². The molecule has 9 heteroatoms. The number of aliphatic carboxylic acids is 1. The van der Waals surface area contributed by atoms with Gasteiger partial charge in [-0.25, -0.2) is 14.1 Å². The van der Waals surface area contributed by atoms with E-state index in [0.29, 0.717) is 5.56 Å². The first kappa shape index (κ1) is 32.1. The fourth-order valence-corrected chi connectivity index (χ4v) is 5.25. The van der Waals surface area contributed by atoms with Gasteiger partial charge in [0.05, 0.1) is 12.5 Å². The number of imide groups is 1. The summed E-state index contributed by atoms with van der Waals surface area (Å²) in [4.78, 5) is 55.4. The SMILES string of the molecule is CC(C)CC(C(=O)NC(CC(=O)O)c1ccc(F)cc1)N1C(=O)N(Cc2ccc(C=Cc3ccccc3)cc2)C(C)(C)C1=O. The maximum atomic E-state index is 13.9. The summed E-state index contributed by atoms with van der Waals surface area (Å²) in [6.07, 6.45) is 3.73. The van der Waals surface area contributed by atoms with E-state index in [-0.39, 0.29) is 18.9 Å². The maximum Gasteiger partial charge on any atom is 0.328 e. The average Bonchev–Trinajstić information content (AvgIpc) is 3.14. The van der Waals surface area contributed by atoms with E-state index in [2.05, 4.69) is 5.32 Å². The second-order valence-corrected chi connectivity index (χ2v) is 11.9. The Morgan fingerprint density at radius 3 is 2.07 bits per heavy atom. The van der Waals surface area contributed by atoms with Gasteiger partial charge in [0.25, 0.3) is 5.91 Å². The molecule has 3 aromatic carbocycles. The molecule has 0 spiro atoms. The fraction of sp³-hybridized carbons (Fsp3) is 0.314. The summed E-state index contributed by atoms with van der Waals surface area (Å²) in [5, 5.41) is 12.2. The monoisotopic (exact) mass is 599 g/mol. The van der Waals surface area contributed by atoms with Crippen molar-refractivity contribution in [3.63, 3.8) is 0 Å². The lowest BCUT2D eigenvalue weighted by Crippen LogP contribution is -2.52. The maximum absolute atomic E-state index is 13.9. The van der Waals surface area contributed by atoms with Crippen molar-refractivity contribution in [3.05, 3.63) is 107 Å². The van der Waals surface area contributed by atoms with Crippen LogP contribution in [0.15, 0.2) is 78.9 Å². The third-order valence-electron chi connectivity index (χ3n) is 7.72. The van der Waals surface area contributed by atoms with Crippen LogP contribution in [0.1, 0.15) is 68.8 Å². The van der Waals surface area contributed by atoms with Crippen LogP contribution in [-0.2, 0) is 20.9 Å². The van der Waals surface area contributed by atoms with E-state index in [4.69, 9.17) is 0 Å². The van der Waals surface area contributed by atoms with Crippen LogP contribution in [0, 0.1) is 11.7 Å². The number of nitrogens with zero attached hydrogens (tertiary/aromatic N) is 2. The quantitative estimate of drug-likeness (QED) is 0.188. The number of rotatable bonds is 12. The lowest BCUT2D eigenvalue weighted by atomic mass is 9.98. The highest BCUT2D eigenvalue weighted by atomic mass is 19.1. The van der Waals surface area contributed by atoms with Gasteiger partial charge in [-0.3, -0.25) is 14.4 Å². The molecular formula is C35H38FN3O5. The average molecular weight is 600 g/mol. The number of amides is 4. The first-order valence-electron chi connectivity index (χ1n) is 14.6. The van der Waals surface area contributed by atoms with Crippen LogP contribution in [0.25, 0.3) is 12.2 Å². The molecule has 1 saturated heterocycles. The number of carboxylic acids is 1. The summed E-state index contributed by atoms with van der Waals surface area (Å²) in [6.45, 7) is 7.21. The third-order valence-corrected chi connectivity index (χ3v) is 7.72. The highest BCUT2D eigenvalue weighted by Crippen LogP contribution is 2.33. The second-order valence-electron chi connectivity index (χ2n) is 11.9. The molecule has 1 aliphatic rings. The zero-order valence-corrected chi connectivity index (χ0v) is 25.4. The number of benzene rings is 3. The Labute approximate surface area is 257 Å². The summed E-state index contributed by atoms with van der Waals surface area (Å²) >= 11 is 0. The van der Waals surface area contributed by atoms with Crippen molar-refractivity contribution in [1.29, 1.82) is 0 Å². The van der Waals surface area contributed by atoms with Gasteiger partial charge in [-0.15, -0.1) is 0 Å². The Balaban J connectivity index is 1.55. The first-order chi connectivity index (χ1) is 20.9. The van der Waals surface area contributed by atoms with Crippen LogP contribution < -0.4 is 5.32 Å². The number of carboxylic acid groups (broad SMARTS) is 1. The van der Waals surface area contributed by atoms with Crippen molar-refractivity contribution in [3.8, 4) is 0 Å². The van der Waals surface area contributed by atoms with Gasteiger partial charge >= 0.3 is 12.0 Å². The van der Waals surface area contributed by atoms with Crippen LogP contribution in [0.5, 0.6) is 0 Å². The largest absolute Gasteiger partial charge is 0.481 e. The number of carbonyl (C=O) groups is 4. The van der Waals surface area contributed by atoms with Gasteiger partial charge in [-0.2, -0.15) is 0 Å². The van der Waals surface area contributed by atoms with Crippen molar-refractivity contribution in [2.45, 2.75) is 64.7 Å². The molecule has 230 valence electrons. The van der Waals surface area contributed by atoms with Gasteiger partial charge in [0.1, 0.15) is 17.4 Å². The van der Waals surface area contributed by atoms with Gasteiger partial charge in [0, 0.05) is 6.54 Å². The molecule has 0 saturated carbocycles. The van der Waals surface area contributed by atoms with Gasteiger partial charge in [0.15, 0.2) is 0 Å². The number of hydrogen-bond donors (Lipinski definition) is 2. The molecule has 1 aliphatic heterocycles. The summed E-state index contributed by atoms with van der Waals surface area (Å²) in [6, 6.07) is 20.0. The van der Waals surface area contributed by atoms with Crippen molar-refractivity contribution in [2.24, 2.45) is 5.92 Å². The highest BCUT2D eigenvalue weighted by molar-refractivity contribution is 6.09. The number of nitrogens with one attached hydrogen (secondary N) is 1. The number of halogens is 1. The topological polar surface area (TPSA) is 107 Å². The van der Waals surface area contributed by atoms with Crippen LogP contribution in [0.4, 0.5) is 9.18 Å². The molecule has 0 aromatic heterocycles. The molecule has 0 radical (unpaired) electrons. The molecule has 4 amide bonds. The van der Waals surface area contributed by atoms with Crippen molar-refractivity contribution < 1.29 is 28.7 Å². The van der Waals surface area contributed by atoms with E-state index < -0.39 is 53.7 Å². The van der Waals surface area contributed by atoms with Crippen LogP contribution in [-0.4, -0.2) is 50.3 Å². The van der Waals surface area contributed by atoms with E-state index in [1.807, 2.05) is 80.6 Å². The zero-order valence-electron chi connectivity index (χ0n) is 25.4. The Morgan fingerprint density at radius 1 is 0.909 bits per heavy atom. The Bertz CT molecular complexity index is 1520. The van der Waals surface area contributed by atoms with Gasteiger partial charge < -0.3 is 15.3 Å². The van der Waals surface area contributed by atoms with Crippen molar-refractivity contribution >= 4 is 36.0 Å². The van der Waals surface area contributed by atoms with Crippen molar-refractivity contribution in [1.82, 2.24) is 15.1 Å². The minimum atomic E-state index is -1.23. The van der Waals surface area contributed by atoms with Gasteiger partial charge in [0.2, 0.25) is 5.91 Å². The van der Waals surface area contributed by atoms with E-state index in [9.17, 15) is 28.7 Å². The molecule has 2 unspecified atom stereocenters. The van der Waals surface area contributed by atoms with E-state index in [0.717, 1.165) is 21.6 Å². The Hall–Kier alpha value is -4.79.